The summed E-state index contributed by atoms with van der Waals surface area (Å²) in [4.78, 5) is 18.7. The van der Waals surface area contributed by atoms with Crippen LogP contribution in [0.3, 0.4) is 0 Å². The van der Waals surface area contributed by atoms with Crippen LogP contribution in [0.25, 0.3) is 0 Å². The number of carbonyl (C=O) groups is 1. The molecule has 2 aromatic rings. The summed E-state index contributed by atoms with van der Waals surface area (Å²) in [5.41, 5.74) is 2.33. The number of nitrogens with zero attached hydrogens (tertiary/aromatic N) is 2. The maximum Gasteiger partial charge on any atom is 0.239 e. The van der Waals surface area contributed by atoms with E-state index in [2.05, 4.69) is 52.2 Å². The van der Waals surface area contributed by atoms with Crippen molar-refractivity contribution in [1.82, 2.24) is 15.2 Å². The van der Waals surface area contributed by atoms with Crippen molar-refractivity contribution in [1.29, 1.82) is 5.41 Å². The molecule has 0 unspecified atom stereocenters. The van der Waals surface area contributed by atoms with Crippen LogP contribution in [0.4, 0.5) is 0 Å². The van der Waals surface area contributed by atoms with E-state index in [4.69, 9.17) is 5.41 Å². The second kappa shape index (κ2) is 6.83. The van der Waals surface area contributed by atoms with Gasteiger partial charge in [0.15, 0.2) is 5.96 Å². The second-order valence-corrected chi connectivity index (χ2v) is 8.01. The molecule has 1 aliphatic heterocycles. The Bertz CT molecular complexity index is 849. The highest BCUT2D eigenvalue weighted by Gasteiger charge is 2.48. The zero-order chi connectivity index (χ0) is 19.1. The minimum absolute atomic E-state index is 0.0959. The third-order valence-electron chi connectivity index (χ3n) is 5.13. The molecule has 1 amide bonds. The summed E-state index contributed by atoms with van der Waals surface area (Å²) >= 11 is 3.41. The van der Waals surface area contributed by atoms with Gasteiger partial charge in [-0.1, -0.05) is 38.1 Å². The maximum atomic E-state index is 13.1. The third kappa shape index (κ3) is 3.14. The first-order valence-corrected chi connectivity index (χ1v) is 9.39. The van der Waals surface area contributed by atoms with E-state index in [9.17, 15) is 4.79 Å². The molecule has 1 fully saturated rings. The van der Waals surface area contributed by atoms with Crippen molar-refractivity contribution in [3.8, 4) is 0 Å². The van der Waals surface area contributed by atoms with Crippen LogP contribution in [0.15, 0.2) is 47.2 Å². The molecular formula is C20H23BrN4O. The minimum Gasteiger partial charge on any atom is -0.346 e. The average molecular weight is 415 g/mol. The highest BCUT2D eigenvalue weighted by atomic mass is 79.9. The molecule has 0 aliphatic carbocycles. The standard InChI is InChI=1S/C20H23BrN4O/c1-12(2)13-5-7-14(8-6-13)17-18(26)25(4)19(22)24-20(17,3)15-9-10-23-16(21)11-15/h5-12,17H,1-4H3,(H2,22,24)/t17-,20-/m1/s1. The number of halogens is 1. The minimum atomic E-state index is -0.745. The fourth-order valence-electron chi connectivity index (χ4n) is 3.47. The Balaban J connectivity index is 2.13. The number of amides is 1. The van der Waals surface area contributed by atoms with Gasteiger partial charge in [-0.15, -0.1) is 0 Å². The molecule has 1 aromatic heterocycles. The van der Waals surface area contributed by atoms with Crippen LogP contribution in [0.1, 0.15) is 49.3 Å². The van der Waals surface area contributed by atoms with Crippen LogP contribution in [-0.2, 0) is 10.3 Å². The Kier molecular flexibility index (Phi) is 4.88. The number of hydrogen-bond donors (Lipinski definition) is 2. The van der Waals surface area contributed by atoms with Crippen LogP contribution in [0.2, 0.25) is 0 Å². The van der Waals surface area contributed by atoms with E-state index in [0.717, 1.165) is 11.1 Å². The van der Waals surface area contributed by atoms with Crippen molar-refractivity contribution >= 4 is 27.8 Å². The van der Waals surface area contributed by atoms with Gasteiger partial charge in [0.25, 0.3) is 0 Å². The third-order valence-corrected chi connectivity index (χ3v) is 5.56. The number of aromatic nitrogens is 1. The molecule has 2 heterocycles. The van der Waals surface area contributed by atoms with Crippen molar-refractivity contribution in [3.63, 3.8) is 0 Å². The van der Waals surface area contributed by atoms with Gasteiger partial charge in [-0.05, 0) is 57.6 Å². The predicted octanol–water partition coefficient (Wildman–Crippen LogP) is 3.96. The van der Waals surface area contributed by atoms with Gasteiger partial charge in [0, 0.05) is 13.2 Å². The molecule has 26 heavy (non-hydrogen) atoms. The molecule has 0 bridgehead atoms. The largest absolute Gasteiger partial charge is 0.346 e. The number of pyridine rings is 1. The molecule has 1 aromatic carbocycles. The van der Waals surface area contributed by atoms with Gasteiger partial charge in [0.2, 0.25) is 5.91 Å². The van der Waals surface area contributed by atoms with Gasteiger partial charge in [-0.2, -0.15) is 0 Å². The lowest BCUT2D eigenvalue weighted by atomic mass is 9.73. The molecule has 0 saturated carbocycles. The molecular weight excluding hydrogens is 392 g/mol. The first kappa shape index (κ1) is 18.6. The van der Waals surface area contributed by atoms with Crippen molar-refractivity contribution < 1.29 is 4.79 Å². The van der Waals surface area contributed by atoms with E-state index in [1.54, 1.807) is 13.2 Å². The Hall–Kier alpha value is -2.21. The number of likely N-dealkylation sites (N-methyl/N-ethyl adjacent to an activating group) is 1. The first-order valence-electron chi connectivity index (χ1n) is 8.60. The van der Waals surface area contributed by atoms with Crippen molar-refractivity contribution in [2.75, 3.05) is 7.05 Å². The smallest absolute Gasteiger partial charge is 0.239 e. The summed E-state index contributed by atoms with van der Waals surface area (Å²) in [5.74, 6) is -0.0123. The number of nitrogens with one attached hydrogen (secondary N) is 2. The van der Waals surface area contributed by atoms with Crippen molar-refractivity contribution in [2.45, 2.75) is 38.1 Å². The monoisotopic (exact) mass is 414 g/mol. The van der Waals surface area contributed by atoms with E-state index in [0.29, 0.717) is 10.5 Å². The number of benzene rings is 1. The average Bonchev–Trinajstić information content (AvgIpc) is 2.60. The molecule has 3 rings (SSSR count). The Labute approximate surface area is 162 Å². The van der Waals surface area contributed by atoms with Crippen molar-refractivity contribution in [2.24, 2.45) is 0 Å². The lowest BCUT2D eigenvalue weighted by molar-refractivity contribution is -0.131. The highest BCUT2D eigenvalue weighted by Crippen LogP contribution is 2.41. The fraction of sp³-hybridized carbons (Fsp3) is 0.350. The van der Waals surface area contributed by atoms with E-state index < -0.39 is 11.5 Å². The zero-order valence-corrected chi connectivity index (χ0v) is 17.0. The van der Waals surface area contributed by atoms with Gasteiger partial charge in [0.1, 0.15) is 4.60 Å². The van der Waals surface area contributed by atoms with E-state index in [1.165, 1.54) is 10.5 Å². The normalized spacial score (nSPS) is 23.3. The van der Waals surface area contributed by atoms with E-state index in [-0.39, 0.29) is 11.9 Å². The van der Waals surface area contributed by atoms with Gasteiger partial charge >= 0.3 is 0 Å². The quantitative estimate of drug-likeness (QED) is 0.746. The van der Waals surface area contributed by atoms with Gasteiger partial charge < -0.3 is 5.32 Å². The number of hydrogen-bond acceptors (Lipinski definition) is 3. The summed E-state index contributed by atoms with van der Waals surface area (Å²) in [6.45, 7) is 6.27. The summed E-state index contributed by atoms with van der Waals surface area (Å²) in [6.07, 6.45) is 1.71. The zero-order valence-electron chi connectivity index (χ0n) is 15.4. The molecule has 5 nitrogen and oxygen atoms in total. The number of guanidine groups is 1. The van der Waals surface area contributed by atoms with Gasteiger partial charge in [0.05, 0.1) is 11.5 Å². The van der Waals surface area contributed by atoms with Crippen LogP contribution in [0.5, 0.6) is 0 Å². The number of rotatable bonds is 3. The van der Waals surface area contributed by atoms with Crippen LogP contribution < -0.4 is 5.32 Å². The summed E-state index contributed by atoms with van der Waals surface area (Å²) in [5, 5.41) is 11.4. The molecule has 1 aliphatic rings. The lowest BCUT2D eigenvalue weighted by Gasteiger charge is -2.46. The van der Waals surface area contributed by atoms with Crippen LogP contribution in [-0.4, -0.2) is 28.8 Å². The Morgan fingerprint density at radius 1 is 1.27 bits per heavy atom. The summed E-state index contributed by atoms with van der Waals surface area (Å²) < 4.78 is 0.699. The summed E-state index contributed by atoms with van der Waals surface area (Å²) in [6, 6.07) is 12.0. The second-order valence-electron chi connectivity index (χ2n) is 7.19. The van der Waals surface area contributed by atoms with Gasteiger partial charge in [-0.25, -0.2) is 4.98 Å². The van der Waals surface area contributed by atoms with Crippen LogP contribution >= 0.6 is 15.9 Å². The maximum absolute atomic E-state index is 13.1. The highest BCUT2D eigenvalue weighted by molar-refractivity contribution is 9.10. The lowest BCUT2D eigenvalue weighted by Crippen LogP contribution is -2.62. The molecule has 136 valence electrons. The van der Waals surface area contributed by atoms with Gasteiger partial charge in [-0.3, -0.25) is 15.1 Å². The molecule has 0 spiro atoms. The van der Waals surface area contributed by atoms with Crippen LogP contribution in [0, 0.1) is 5.41 Å². The Morgan fingerprint density at radius 2 is 1.92 bits per heavy atom. The molecule has 0 radical (unpaired) electrons. The molecule has 6 heteroatoms. The molecule has 1 saturated heterocycles. The van der Waals surface area contributed by atoms with E-state index in [1.807, 2.05) is 31.2 Å². The van der Waals surface area contributed by atoms with E-state index >= 15 is 0 Å². The molecule has 2 atom stereocenters. The topological polar surface area (TPSA) is 69.1 Å². The Morgan fingerprint density at radius 3 is 2.50 bits per heavy atom. The first-order chi connectivity index (χ1) is 12.2. The van der Waals surface area contributed by atoms with Crippen molar-refractivity contribution in [3.05, 3.63) is 63.9 Å². The predicted molar refractivity (Wildman–Crippen MR) is 106 cm³/mol. The fourth-order valence-corrected chi connectivity index (χ4v) is 3.83. The summed E-state index contributed by atoms with van der Waals surface area (Å²) in [7, 11) is 1.63. The SMILES string of the molecule is CC(C)c1ccc([C@@H]2C(=O)N(C)C(=N)N[C@]2(C)c2ccnc(Br)c2)cc1. The number of carbonyl (C=O) groups excluding carboxylic acids is 1. The molecule has 2 N–H and O–H groups in total.